The van der Waals surface area contributed by atoms with Crippen LogP contribution in [0.5, 0.6) is 11.5 Å². The number of benzene rings is 3. The molecule has 9 heteroatoms. The highest BCUT2D eigenvalue weighted by molar-refractivity contribution is 6.00. The van der Waals surface area contributed by atoms with Crippen LogP contribution in [0.1, 0.15) is 0 Å². The Morgan fingerprint density at radius 1 is 0.842 bits per heavy atom. The molecule has 3 aromatic carbocycles. The van der Waals surface area contributed by atoms with E-state index < -0.39 is 0 Å². The fraction of sp³-hybridized carbons (Fsp3) is 0.241. The van der Waals surface area contributed by atoms with E-state index >= 15 is 0 Å². The lowest BCUT2D eigenvalue weighted by molar-refractivity contribution is 0.262. The van der Waals surface area contributed by atoms with Crippen molar-refractivity contribution in [1.29, 1.82) is 0 Å². The zero-order chi connectivity index (χ0) is 26.5. The largest absolute Gasteiger partial charge is 0.497 e. The van der Waals surface area contributed by atoms with Crippen LogP contribution in [0.2, 0.25) is 0 Å². The summed E-state index contributed by atoms with van der Waals surface area (Å²) in [5.41, 5.74) is 6.29. The highest BCUT2D eigenvalue weighted by Gasteiger charge is 2.15. The van der Waals surface area contributed by atoms with E-state index in [0.717, 1.165) is 48.7 Å². The van der Waals surface area contributed by atoms with Crippen molar-refractivity contribution in [2.45, 2.75) is 0 Å². The standard InChI is InChI=1S/C29H32N6O3/c1-34-14-16-35(17-15-34)23-10-6-21(7-11-23)27-19-26(32-33-27)20-4-8-22(9-5-20)30-29(36)31-25-13-12-24(37-2)18-28(25)38-3/h4-13,18-19H,14-17H2,1-3H3,(H,32,33)(H2,30,31,36). The van der Waals surface area contributed by atoms with E-state index in [2.05, 4.69) is 61.9 Å². The molecule has 1 fully saturated rings. The van der Waals surface area contributed by atoms with Crippen molar-refractivity contribution in [2.24, 2.45) is 0 Å². The van der Waals surface area contributed by atoms with Gasteiger partial charge in [0, 0.05) is 49.2 Å². The first-order valence-corrected chi connectivity index (χ1v) is 12.5. The molecule has 0 radical (unpaired) electrons. The minimum absolute atomic E-state index is 0.370. The van der Waals surface area contributed by atoms with Crippen molar-refractivity contribution in [3.8, 4) is 34.0 Å². The van der Waals surface area contributed by atoms with Crippen molar-refractivity contribution in [2.75, 3.05) is 63.0 Å². The third-order valence-corrected chi connectivity index (χ3v) is 6.72. The van der Waals surface area contributed by atoms with Crippen LogP contribution < -0.4 is 25.0 Å². The highest BCUT2D eigenvalue weighted by Crippen LogP contribution is 2.30. The molecule has 1 aromatic heterocycles. The number of piperazine rings is 1. The van der Waals surface area contributed by atoms with E-state index in [4.69, 9.17) is 9.47 Å². The number of aromatic nitrogens is 2. The number of carbonyl (C=O) groups is 1. The van der Waals surface area contributed by atoms with Crippen LogP contribution in [0.3, 0.4) is 0 Å². The number of ether oxygens (including phenoxy) is 2. The Morgan fingerprint density at radius 2 is 1.55 bits per heavy atom. The van der Waals surface area contributed by atoms with Gasteiger partial charge >= 0.3 is 6.03 Å². The maximum Gasteiger partial charge on any atom is 0.323 e. The molecule has 0 bridgehead atoms. The van der Waals surface area contributed by atoms with Gasteiger partial charge in [-0.05, 0) is 55.1 Å². The number of anilines is 3. The average molecular weight is 513 g/mol. The fourth-order valence-electron chi connectivity index (χ4n) is 4.44. The van der Waals surface area contributed by atoms with Crippen molar-refractivity contribution in [3.63, 3.8) is 0 Å². The molecule has 0 saturated carbocycles. The molecule has 0 aliphatic carbocycles. The maximum absolute atomic E-state index is 12.5. The zero-order valence-electron chi connectivity index (χ0n) is 21.8. The second kappa shape index (κ2) is 11.3. The number of urea groups is 1. The number of hydrogen-bond donors (Lipinski definition) is 3. The normalized spacial score (nSPS) is 13.7. The van der Waals surface area contributed by atoms with Crippen molar-refractivity contribution in [3.05, 3.63) is 72.8 Å². The minimum Gasteiger partial charge on any atom is -0.497 e. The molecule has 38 heavy (non-hydrogen) atoms. The van der Waals surface area contributed by atoms with Gasteiger partial charge in [0.25, 0.3) is 0 Å². The summed E-state index contributed by atoms with van der Waals surface area (Å²) in [6.45, 7) is 4.26. The molecule has 2 amide bonds. The van der Waals surface area contributed by atoms with Crippen LogP contribution in [-0.4, -0.2) is 68.6 Å². The monoisotopic (exact) mass is 512 g/mol. The molecule has 4 aromatic rings. The second-order valence-corrected chi connectivity index (χ2v) is 9.23. The van der Waals surface area contributed by atoms with Crippen LogP contribution in [0.15, 0.2) is 72.8 Å². The van der Waals surface area contributed by atoms with Crippen LogP contribution in [0.25, 0.3) is 22.5 Å². The van der Waals surface area contributed by atoms with Gasteiger partial charge in [0.1, 0.15) is 11.5 Å². The number of carbonyl (C=O) groups excluding carboxylic acids is 1. The molecule has 5 rings (SSSR count). The molecule has 2 heterocycles. The van der Waals surface area contributed by atoms with E-state index in [0.29, 0.717) is 22.9 Å². The number of aromatic amines is 1. The third-order valence-electron chi connectivity index (χ3n) is 6.72. The van der Waals surface area contributed by atoms with Gasteiger partial charge in [-0.1, -0.05) is 24.3 Å². The molecular formula is C29H32N6O3. The average Bonchev–Trinajstić information content (AvgIpc) is 3.44. The first kappa shape index (κ1) is 25.2. The predicted octanol–water partition coefficient (Wildman–Crippen LogP) is 5.16. The van der Waals surface area contributed by atoms with Crippen molar-refractivity contribution in [1.82, 2.24) is 15.1 Å². The summed E-state index contributed by atoms with van der Waals surface area (Å²) in [6.07, 6.45) is 0. The van der Waals surface area contributed by atoms with Crippen molar-refractivity contribution >= 4 is 23.1 Å². The molecule has 0 atom stereocenters. The third kappa shape index (κ3) is 5.73. The maximum atomic E-state index is 12.5. The second-order valence-electron chi connectivity index (χ2n) is 9.23. The van der Waals surface area contributed by atoms with Gasteiger partial charge in [0.2, 0.25) is 0 Å². The van der Waals surface area contributed by atoms with E-state index in [1.54, 1.807) is 32.4 Å². The summed E-state index contributed by atoms with van der Waals surface area (Å²) in [7, 11) is 5.29. The number of methoxy groups -OCH3 is 2. The van der Waals surface area contributed by atoms with Crippen LogP contribution in [0, 0.1) is 0 Å². The Hall–Kier alpha value is -4.50. The molecule has 0 spiro atoms. The predicted molar refractivity (Wildman–Crippen MR) is 151 cm³/mol. The van der Waals surface area contributed by atoms with Gasteiger partial charge in [0.15, 0.2) is 0 Å². The number of hydrogen-bond acceptors (Lipinski definition) is 6. The molecule has 196 valence electrons. The molecular weight excluding hydrogens is 480 g/mol. The van der Waals surface area contributed by atoms with Gasteiger partial charge < -0.3 is 29.9 Å². The van der Waals surface area contributed by atoms with E-state index in [-0.39, 0.29) is 6.03 Å². The summed E-state index contributed by atoms with van der Waals surface area (Å²) in [5.74, 6) is 1.16. The number of amides is 2. The van der Waals surface area contributed by atoms with Gasteiger partial charge in [-0.15, -0.1) is 0 Å². The SMILES string of the molecule is COc1ccc(NC(=O)Nc2ccc(-c3cc(-c4ccc(N5CCN(C)CC5)cc4)n[nH]3)cc2)c(OC)c1. The summed E-state index contributed by atoms with van der Waals surface area (Å²) in [4.78, 5) is 17.3. The van der Waals surface area contributed by atoms with Gasteiger partial charge in [0.05, 0.1) is 31.3 Å². The molecule has 1 saturated heterocycles. The quantitative estimate of drug-likeness (QED) is 0.317. The van der Waals surface area contributed by atoms with Crippen molar-refractivity contribution < 1.29 is 14.3 Å². The molecule has 1 aliphatic rings. The van der Waals surface area contributed by atoms with Crippen LogP contribution in [-0.2, 0) is 0 Å². The minimum atomic E-state index is -0.370. The lowest BCUT2D eigenvalue weighted by Crippen LogP contribution is -2.44. The Balaban J connectivity index is 1.20. The summed E-state index contributed by atoms with van der Waals surface area (Å²) >= 11 is 0. The molecule has 1 aliphatic heterocycles. The molecule has 3 N–H and O–H groups in total. The van der Waals surface area contributed by atoms with Crippen LogP contribution >= 0.6 is 0 Å². The Labute approximate surface area is 222 Å². The van der Waals surface area contributed by atoms with E-state index in [9.17, 15) is 4.79 Å². The van der Waals surface area contributed by atoms with Gasteiger partial charge in [-0.3, -0.25) is 5.10 Å². The van der Waals surface area contributed by atoms with E-state index in [1.165, 1.54) is 5.69 Å². The van der Waals surface area contributed by atoms with Gasteiger partial charge in [-0.2, -0.15) is 5.10 Å². The summed E-state index contributed by atoms with van der Waals surface area (Å²) in [6, 6.07) is 23.0. The lowest BCUT2D eigenvalue weighted by atomic mass is 10.1. The van der Waals surface area contributed by atoms with Gasteiger partial charge in [-0.25, -0.2) is 4.79 Å². The summed E-state index contributed by atoms with van der Waals surface area (Å²) in [5, 5.41) is 13.3. The number of nitrogens with zero attached hydrogens (tertiary/aromatic N) is 3. The smallest absolute Gasteiger partial charge is 0.323 e. The Morgan fingerprint density at radius 3 is 2.24 bits per heavy atom. The van der Waals surface area contributed by atoms with Crippen LogP contribution in [0.4, 0.5) is 21.9 Å². The number of rotatable bonds is 7. The topological polar surface area (TPSA) is 94.8 Å². The van der Waals surface area contributed by atoms with E-state index in [1.807, 2.05) is 30.3 Å². The Kier molecular flexibility index (Phi) is 7.46. The summed E-state index contributed by atoms with van der Waals surface area (Å²) < 4.78 is 10.5. The highest BCUT2D eigenvalue weighted by atomic mass is 16.5. The number of nitrogens with one attached hydrogen (secondary N) is 3. The lowest BCUT2D eigenvalue weighted by Gasteiger charge is -2.34. The molecule has 9 nitrogen and oxygen atoms in total. The number of likely N-dealkylation sites (N-methyl/N-ethyl adjacent to an activating group) is 1. The first-order valence-electron chi connectivity index (χ1n) is 12.5. The molecule has 0 unspecified atom stereocenters. The fourth-order valence-corrected chi connectivity index (χ4v) is 4.44. The number of H-pyrrole nitrogens is 1. The Bertz CT molecular complexity index is 1380. The zero-order valence-corrected chi connectivity index (χ0v) is 21.8. The first-order chi connectivity index (χ1) is 18.5.